The summed E-state index contributed by atoms with van der Waals surface area (Å²) in [5, 5.41) is 0. The van der Waals surface area contributed by atoms with Gasteiger partial charge in [0, 0.05) is 19.8 Å². The molecule has 0 atom stereocenters. The van der Waals surface area contributed by atoms with Crippen LogP contribution in [-0.2, 0) is 12.6 Å². The van der Waals surface area contributed by atoms with Gasteiger partial charge in [0.2, 0.25) is 0 Å². The van der Waals surface area contributed by atoms with Crippen molar-refractivity contribution in [1.29, 1.82) is 0 Å². The number of rotatable bonds is 2. The molecule has 0 saturated carbocycles. The molecule has 0 aliphatic carbocycles. The van der Waals surface area contributed by atoms with Gasteiger partial charge in [0.1, 0.15) is 0 Å². The van der Waals surface area contributed by atoms with Crippen molar-refractivity contribution in [3.63, 3.8) is 0 Å². The number of nitrogens with zero attached hydrogens (tertiary/aromatic N) is 1. The zero-order valence-corrected chi connectivity index (χ0v) is 11.5. The highest BCUT2D eigenvalue weighted by molar-refractivity contribution is 5.56. The van der Waals surface area contributed by atoms with E-state index in [-0.39, 0.29) is 11.1 Å². The van der Waals surface area contributed by atoms with Crippen LogP contribution in [-0.4, -0.2) is 14.1 Å². The van der Waals surface area contributed by atoms with Gasteiger partial charge < -0.3 is 4.90 Å². The molecule has 0 bridgehead atoms. The second-order valence-corrected chi connectivity index (χ2v) is 5.98. The quantitative estimate of drug-likeness (QED) is 0.762. The van der Waals surface area contributed by atoms with E-state index >= 15 is 0 Å². The van der Waals surface area contributed by atoms with Crippen LogP contribution >= 0.6 is 0 Å². The number of halogens is 3. The minimum absolute atomic E-state index is 0.0589. The SMILES string of the molecule is CN(C)c1cc(CC(C)(C)C)ccc1C(F)(F)F. The van der Waals surface area contributed by atoms with Crippen LogP contribution in [0, 0.1) is 5.41 Å². The number of hydrogen-bond donors (Lipinski definition) is 0. The molecule has 0 saturated heterocycles. The van der Waals surface area contributed by atoms with Crippen molar-refractivity contribution in [2.75, 3.05) is 19.0 Å². The van der Waals surface area contributed by atoms with E-state index in [9.17, 15) is 13.2 Å². The lowest BCUT2D eigenvalue weighted by Crippen LogP contribution is -2.18. The Bertz CT molecular complexity index is 414. The Labute approximate surface area is 107 Å². The van der Waals surface area contributed by atoms with Gasteiger partial charge in [0.15, 0.2) is 0 Å². The fourth-order valence-electron chi connectivity index (χ4n) is 1.91. The number of benzene rings is 1. The van der Waals surface area contributed by atoms with Crippen LogP contribution in [0.3, 0.4) is 0 Å². The van der Waals surface area contributed by atoms with E-state index in [0.29, 0.717) is 0 Å². The van der Waals surface area contributed by atoms with Gasteiger partial charge in [-0.05, 0) is 29.5 Å². The average molecular weight is 259 g/mol. The minimum atomic E-state index is -4.31. The summed E-state index contributed by atoms with van der Waals surface area (Å²) < 4.78 is 38.6. The van der Waals surface area contributed by atoms with Crippen LogP contribution in [0.15, 0.2) is 18.2 Å². The first-order valence-electron chi connectivity index (χ1n) is 5.88. The van der Waals surface area contributed by atoms with Gasteiger partial charge in [-0.3, -0.25) is 0 Å². The topological polar surface area (TPSA) is 3.24 Å². The smallest absolute Gasteiger partial charge is 0.377 e. The van der Waals surface area contributed by atoms with Crippen LogP contribution in [0.4, 0.5) is 18.9 Å². The lowest BCUT2D eigenvalue weighted by atomic mass is 9.87. The van der Waals surface area contributed by atoms with Crippen LogP contribution in [0.1, 0.15) is 31.9 Å². The monoisotopic (exact) mass is 259 g/mol. The third kappa shape index (κ3) is 3.93. The van der Waals surface area contributed by atoms with Crippen molar-refractivity contribution in [3.05, 3.63) is 29.3 Å². The Morgan fingerprint density at radius 1 is 1.06 bits per heavy atom. The van der Waals surface area contributed by atoms with Gasteiger partial charge in [0.25, 0.3) is 0 Å². The van der Waals surface area contributed by atoms with E-state index in [1.165, 1.54) is 11.0 Å². The summed E-state index contributed by atoms with van der Waals surface area (Å²) >= 11 is 0. The highest BCUT2D eigenvalue weighted by Crippen LogP contribution is 2.37. The lowest BCUT2D eigenvalue weighted by Gasteiger charge is -2.23. The van der Waals surface area contributed by atoms with Gasteiger partial charge in [-0.1, -0.05) is 26.8 Å². The van der Waals surface area contributed by atoms with E-state index in [2.05, 4.69) is 20.8 Å². The molecule has 18 heavy (non-hydrogen) atoms. The average Bonchev–Trinajstić information content (AvgIpc) is 2.12. The highest BCUT2D eigenvalue weighted by Gasteiger charge is 2.34. The molecule has 0 N–H and O–H groups in total. The Morgan fingerprint density at radius 2 is 1.61 bits per heavy atom. The highest BCUT2D eigenvalue weighted by atomic mass is 19.4. The van der Waals surface area contributed by atoms with E-state index in [1.54, 1.807) is 26.2 Å². The molecule has 0 aliphatic heterocycles. The summed E-state index contributed by atoms with van der Waals surface area (Å²) in [6.07, 6.45) is -3.55. The third-order valence-electron chi connectivity index (χ3n) is 2.58. The largest absolute Gasteiger partial charge is 0.418 e. The molecule has 0 radical (unpaired) electrons. The first kappa shape index (κ1) is 14.9. The zero-order chi connectivity index (χ0) is 14.1. The lowest BCUT2D eigenvalue weighted by molar-refractivity contribution is -0.137. The Balaban J connectivity index is 3.20. The molecule has 4 heteroatoms. The molecule has 1 nitrogen and oxygen atoms in total. The number of alkyl halides is 3. The van der Waals surface area contributed by atoms with Crippen molar-refractivity contribution in [3.8, 4) is 0 Å². The molecule has 1 aromatic rings. The molecule has 0 spiro atoms. The van der Waals surface area contributed by atoms with Crippen LogP contribution in [0.25, 0.3) is 0 Å². The van der Waals surface area contributed by atoms with E-state index < -0.39 is 11.7 Å². The summed E-state index contributed by atoms with van der Waals surface area (Å²) in [5.74, 6) is 0. The molecule has 0 heterocycles. The molecular weight excluding hydrogens is 239 g/mol. The molecule has 0 aliphatic rings. The predicted molar refractivity (Wildman–Crippen MR) is 68.9 cm³/mol. The zero-order valence-electron chi connectivity index (χ0n) is 11.5. The van der Waals surface area contributed by atoms with Crippen LogP contribution in [0.2, 0.25) is 0 Å². The van der Waals surface area contributed by atoms with Crippen molar-refractivity contribution >= 4 is 5.69 Å². The fraction of sp³-hybridized carbons (Fsp3) is 0.571. The van der Waals surface area contributed by atoms with E-state index in [0.717, 1.165) is 12.0 Å². The summed E-state index contributed by atoms with van der Waals surface area (Å²) in [6.45, 7) is 6.21. The summed E-state index contributed by atoms with van der Waals surface area (Å²) in [4.78, 5) is 1.51. The van der Waals surface area contributed by atoms with Crippen LogP contribution in [0.5, 0.6) is 0 Å². The molecule has 102 valence electrons. The van der Waals surface area contributed by atoms with Gasteiger partial charge >= 0.3 is 6.18 Å². The third-order valence-corrected chi connectivity index (χ3v) is 2.58. The van der Waals surface area contributed by atoms with Crippen LogP contribution < -0.4 is 4.90 Å². The van der Waals surface area contributed by atoms with Gasteiger partial charge in [0.05, 0.1) is 5.56 Å². The number of anilines is 1. The van der Waals surface area contributed by atoms with Crippen molar-refractivity contribution in [2.24, 2.45) is 5.41 Å². The second kappa shape index (κ2) is 4.82. The Kier molecular flexibility index (Phi) is 3.99. The van der Waals surface area contributed by atoms with E-state index in [4.69, 9.17) is 0 Å². The summed E-state index contributed by atoms with van der Waals surface area (Å²) in [5.41, 5.74) is 0.636. The van der Waals surface area contributed by atoms with E-state index in [1.807, 2.05) is 0 Å². The Hall–Kier alpha value is -1.19. The molecule has 1 aromatic carbocycles. The fourth-order valence-corrected chi connectivity index (χ4v) is 1.91. The maximum Gasteiger partial charge on any atom is 0.418 e. The number of hydrogen-bond acceptors (Lipinski definition) is 1. The van der Waals surface area contributed by atoms with Crippen molar-refractivity contribution in [1.82, 2.24) is 0 Å². The summed E-state index contributed by atoms with van der Waals surface area (Å²) in [6, 6.07) is 4.38. The minimum Gasteiger partial charge on any atom is -0.377 e. The molecular formula is C14H20F3N. The standard InChI is InChI=1S/C14H20F3N/c1-13(2,3)9-10-6-7-11(14(15,16)17)12(8-10)18(4)5/h6-8H,9H2,1-5H3. The van der Waals surface area contributed by atoms with Gasteiger partial charge in [-0.25, -0.2) is 0 Å². The first-order valence-corrected chi connectivity index (χ1v) is 5.88. The van der Waals surface area contributed by atoms with Crippen molar-refractivity contribution < 1.29 is 13.2 Å². The predicted octanol–water partition coefficient (Wildman–Crippen LogP) is 4.36. The van der Waals surface area contributed by atoms with Gasteiger partial charge in [-0.2, -0.15) is 13.2 Å². The molecule has 0 aromatic heterocycles. The molecule has 1 rings (SSSR count). The maximum atomic E-state index is 12.9. The second-order valence-electron chi connectivity index (χ2n) is 5.98. The van der Waals surface area contributed by atoms with Crippen molar-refractivity contribution in [2.45, 2.75) is 33.4 Å². The Morgan fingerprint density at radius 3 is 2.00 bits per heavy atom. The molecule has 0 amide bonds. The summed E-state index contributed by atoms with van der Waals surface area (Å²) in [7, 11) is 3.26. The van der Waals surface area contributed by atoms with Gasteiger partial charge in [-0.15, -0.1) is 0 Å². The molecule has 0 unspecified atom stereocenters. The first-order chi connectivity index (χ1) is 8.00. The maximum absolute atomic E-state index is 12.9. The molecule has 0 fully saturated rings. The normalized spacial score (nSPS) is 12.7.